The quantitative estimate of drug-likeness (QED) is 0.500. The molecule has 3 aliphatic rings. The van der Waals surface area contributed by atoms with Gasteiger partial charge in [-0.3, -0.25) is 9.59 Å². The van der Waals surface area contributed by atoms with Crippen LogP contribution in [0.1, 0.15) is 70.7 Å². The number of ether oxygens (including phenoxy) is 1. The summed E-state index contributed by atoms with van der Waals surface area (Å²) in [4.78, 5) is 34.0. The number of nitrogens with zero attached hydrogens (tertiary/aromatic N) is 3. The molecular weight excluding hydrogens is 503 g/mol. The fraction of sp³-hybridized carbons (Fsp3) is 0.538. The number of hydrogen-bond acceptors (Lipinski definition) is 6. The number of fused-ring (bicyclic) bond motifs is 1. The molecule has 2 aromatic heterocycles. The number of alkyl halides is 2. The maximum Gasteiger partial charge on any atom is 0.282 e. The van der Waals surface area contributed by atoms with E-state index in [1.807, 2.05) is 0 Å². The molecule has 38 heavy (non-hydrogen) atoms. The molecular formula is C26H28F3N5O4. The summed E-state index contributed by atoms with van der Waals surface area (Å²) in [6.07, 6.45) is 3.79. The first kappa shape index (κ1) is 24.9. The first-order valence-corrected chi connectivity index (χ1v) is 12.8. The lowest BCUT2D eigenvalue weighted by Crippen LogP contribution is -2.60. The topological polar surface area (TPSA) is 127 Å². The number of aromatic nitrogens is 3. The number of amides is 2. The molecule has 2 amide bonds. The Bertz CT molecular complexity index is 1410. The van der Waals surface area contributed by atoms with Crippen LogP contribution < -0.4 is 5.73 Å². The molecule has 3 N–H and O–H groups in total. The summed E-state index contributed by atoms with van der Waals surface area (Å²) < 4.78 is 53.7. The van der Waals surface area contributed by atoms with Crippen molar-refractivity contribution in [2.45, 2.75) is 50.4 Å². The van der Waals surface area contributed by atoms with E-state index in [1.165, 1.54) is 0 Å². The standard InChI is InChI=1S/C26H28F3N5O4/c1-12-18(23(30)35)22(38-33-12)19(13-4-2-3-5-13)24-31-17-7-6-14(20(27)21(17)32-24)15-8-37-9-16(15)25(36)34-10-26(28,29)11-34/h6-7,13,15-16,19H,2-5,8-11H2,1H3,(H2,30,35)(H,31,32)/t15?,16?,19-/m1/s1. The molecule has 3 fully saturated rings. The Labute approximate surface area is 215 Å². The second kappa shape index (κ2) is 9.11. The highest BCUT2D eigenvalue weighted by molar-refractivity contribution is 5.95. The highest BCUT2D eigenvalue weighted by Gasteiger charge is 2.50. The Morgan fingerprint density at radius 1 is 1.21 bits per heavy atom. The van der Waals surface area contributed by atoms with Crippen LogP contribution in [0, 0.1) is 24.6 Å². The highest BCUT2D eigenvalue weighted by Crippen LogP contribution is 2.43. The predicted octanol–water partition coefficient (Wildman–Crippen LogP) is 3.63. The number of benzene rings is 1. The van der Waals surface area contributed by atoms with Crippen molar-refractivity contribution < 1.29 is 32.0 Å². The van der Waals surface area contributed by atoms with E-state index in [9.17, 15) is 18.4 Å². The smallest absolute Gasteiger partial charge is 0.282 e. The molecule has 2 unspecified atom stereocenters. The van der Waals surface area contributed by atoms with Gasteiger partial charge in [0.15, 0.2) is 11.6 Å². The van der Waals surface area contributed by atoms with E-state index in [1.54, 1.807) is 19.1 Å². The number of carbonyl (C=O) groups excluding carboxylic acids is 2. The van der Waals surface area contributed by atoms with Gasteiger partial charge in [-0.1, -0.05) is 24.1 Å². The van der Waals surface area contributed by atoms with Gasteiger partial charge < -0.3 is 24.9 Å². The van der Waals surface area contributed by atoms with Crippen LogP contribution in [0.25, 0.3) is 11.0 Å². The van der Waals surface area contributed by atoms with Crippen molar-refractivity contribution in [1.29, 1.82) is 0 Å². The van der Waals surface area contributed by atoms with Gasteiger partial charge in [-0.25, -0.2) is 18.2 Å². The number of carbonyl (C=O) groups is 2. The van der Waals surface area contributed by atoms with Crippen molar-refractivity contribution >= 4 is 22.8 Å². The van der Waals surface area contributed by atoms with E-state index in [0.29, 0.717) is 22.8 Å². The van der Waals surface area contributed by atoms with Crippen molar-refractivity contribution in [3.05, 3.63) is 46.4 Å². The molecule has 0 bridgehead atoms. The maximum atomic E-state index is 16.0. The van der Waals surface area contributed by atoms with Gasteiger partial charge in [0.1, 0.15) is 16.9 Å². The normalized spacial score (nSPS) is 24.2. The number of aryl methyl sites for hydroxylation is 1. The fourth-order valence-corrected chi connectivity index (χ4v) is 6.27. The van der Waals surface area contributed by atoms with Crippen LogP contribution >= 0.6 is 0 Å². The molecule has 12 heteroatoms. The van der Waals surface area contributed by atoms with Crippen LogP contribution in [-0.4, -0.2) is 64.1 Å². The zero-order chi connectivity index (χ0) is 26.8. The van der Waals surface area contributed by atoms with Crippen LogP contribution in [0.3, 0.4) is 0 Å². The van der Waals surface area contributed by atoms with Gasteiger partial charge in [0.05, 0.1) is 49.3 Å². The number of H-pyrrole nitrogens is 1. The van der Waals surface area contributed by atoms with Crippen LogP contribution in [0.5, 0.6) is 0 Å². The Balaban J connectivity index is 1.36. The summed E-state index contributed by atoms with van der Waals surface area (Å²) >= 11 is 0. The molecule has 4 heterocycles. The summed E-state index contributed by atoms with van der Waals surface area (Å²) in [6, 6.07) is 3.27. The van der Waals surface area contributed by atoms with Crippen LogP contribution in [0.2, 0.25) is 0 Å². The molecule has 2 saturated heterocycles. The average molecular weight is 532 g/mol. The van der Waals surface area contributed by atoms with Crippen molar-refractivity contribution in [1.82, 2.24) is 20.0 Å². The van der Waals surface area contributed by atoms with E-state index >= 15 is 4.39 Å². The van der Waals surface area contributed by atoms with Crippen molar-refractivity contribution in [3.8, 4) is 0 Å². The van der Waals surface area contributed by atoms with Gasteiger partial charge in [-0.15, -0.1) is 0 Å². The number of halogens is 3. The minimum absolute atomic E-state index is 0.0410. The summed E-state index contributed by atoms with van der Waals surface area (Å²) in [5, 5.41) is 3.96. The Morgan fingerprint density at radius 3 is 2.63 bits per heavy atom. The molecule has 9 nitrogen and oxygen atoms in total. The monoisotopic (exact) mass is 531 g/mol. The summed E-state index contributed by atoms with van der Waals surface area (Å²) in [5.74, 6) is -5.55. The Kier molecular flexibility index (Phi) is 5.97. The number of rotatable bonds is 6. The molecule has 1 aromatic carbocycles. The lowest BCUT2D eigenvalue weighted by Gasteiger charge is -2.40. The molecule has 1 saturated carbocycles. The first-order chi connectivity index (χ1) is 18.1. The molecule has 2 aliphatic heterocycles. The summed E-state index contributed by atoms with van der Waals surface area (Å²) in [7, 11) is 0. The van der Waals surface area contributed by atoms with E-state index in [2.05, 4.69) is 15.1 Å². The van der Waals surface area contributed by atoms with E-state index in [-0.39, 0.29) is 35.8 Å². The lowest BCUT2D eigenvalue weighted by molar-refractivity contribution is -0.169. The number of primary amides is 1. The first-order valence-electron chi connectivity index (χ1n) is 12.8. The van der Waals surface area contributed by atoms with Gasteiger partial charge in [-0.05, 0) is 37.3 Å². The fourth-order valence-electron chi connectivity index (χ4n) is 6.27. The zero-order valence-electron chi connectivity index (χ0n) is 20.8. The minimum atomic E-state index is -2.88. The molecule has 0 radical (unpaired) electrons. The number of imidazole rings is 1. The zero-order valence-corrected chi connectivity index (χ0v) is 20.8. The van der Waals surface area contributed by atoms with E-state index < -0.39 is 54.4 Å². The molecule has 1 aliphatic carbocycles. The number of nitrogens with one attached hydrogen (secondary N) is 1. The van der Waals surface area contributed by atoms with Crippen molar-refractivity contribution in [2.75, 3.05) is 26.3 Å². The Morgan fingerprint density at radius 2 is 1.95 bits per heavy atom. The van der Waals surface area contributed by atoms with Crippen LogP contribution in [0.15, 0.2) is 16.7 Å². The van der Waals surface area contributed by atoms with E-state index in [4.69, 9.17) is 15.0 Å². The highest BCUT2D eigenvalue weighted by atomic mass is 19.3. The van der Waals surface area contributed by atoms with Crippen molar-refractivity contribution in [2.24, 2.45) is 17.6 Å². The lowest BCUT2D eigenvalue weighted by atomic mass is 9.86. The van der Waals surface area contributed by atoms with Crippen LogP contribution in [0.4, 0.5) is 13.2 Å². The molecule has 3 aromatic rings. The second-order valence-electron chi connectivity index (χ2n) is 10.7. The SMILES string of the molecule is Cc1noc([C@H](c2nc3c(F)c(C4COCC4C(=O)N4CC(F)(F)C4)ccc3[nH]2)C2CCCC2)c1C(N)=O. The number of aromatic amines is 1. The largest absolute Gasteiger partial charge is 0.380 e. The molecule has 3 atom stereocenters. The number of nitrogens with two attached hydrogens (primary N) is 1. The third-order valence-electron chi connectivity index (χ3n) is 8.18. The van der Waals surface area contributed by atoms with Crippen molar-refractivity contribution in [3.63, 3.8) is 0 Å². The van der Waals surface area contributed by atoms with Gasteiger partial charge >= 0.3 is 0 Å². The summed E-state index contributed by atoms with van der Waals surface area (Å²) in [6.45, 7) is 0.530. The predicted molar refractivity (Wildman–Crippen MR) is 128 cm³/mol. The van der Waals surface area contributed by atoms with E-state index in [0.717, 1.165) is 30.6 Å². The van der Waals surface area contributed by atoms with Gasteiger partial charge in [0.25, 0.3) is 11.8 Å². The summed E-state index contributed by atoms with van der Waals surface area (Å²) in [5.41, 5.74) is 7.03. The Hall–Kier alpha value is -3.41. The van der Waals surface area contributed by atoms with Gasteiger partial charge in [0.2, 0.25) is 5.91 Å². The molecule has 6 rings (SSSR count). The van der Waals surface area contributed by atoms with Gasteiger partial charge in [0, 0.05) is 5.92 Å². The molecule has 0 spiro atoms. The number of likely N-dealkylation sites (tertiary alicyclic amines) is 1. The minimum Gasteiger partial charge on any atom is -0.380 e. The second-order valence-corrected chi connectivity index (χ2v) is 10.7. The number of hydrogen-bond donors (Lipinski definition) is 2. The van der Waals surface area contributed by atoms with Gasteiger partial charge in [-0.2, -0.15) is 0 Å². The third kappa shape index (κ3) is 4.05. The third-order valence-corrected chi connectivity index (χ3v) is 8.18. The maximum absolute atomic E-state index is 16.0. The average Bonchev–Trinajstić information content (AvgIpc) is 3.65. The van der Waals surface area contributed by atoms with Crippen LogP contribution in [-0.2, 0) is 9.53 Å². The molecule has 202 valence electrons.